The van der Waals surface area contributed by atoms with Gasteiger partial charge in [-0.1, -0.05) is 30.3 Å². The highest BCUT2D eigenvalue weighted by atomic mass is 16.5. The maximum absolute atomic E-state index is 12.5. The summed E-state index contributed by atoms with van der Waals surface area (Å²) in [6.07, 6.45) is -0.0250. The Kier molecular flexibility index (Phi) is 6.35. The van der Waals surface area contributed by atoms with E-state index >= 15 is 0 Å². The SMILES string of the molecule is Cc1nnc(-c2ccc(NC(=O)C(=O)NCc3c(OC(C)C)ccc4ccccc34)cc2)o1. The highest BCUT2D eigenvalue weighted by Crippen LogP contribution is 2.29. The predicted molar refractivity (Wildman–Crippen MR) is 125 cm³/mol. The summed E-state index contributed by atoms with van der Waals surface area (Å²) in [7, 11) is 0. The van der Waals surface area contributed by atoms with Crippen LogP contribution in [0.25, 0.3) is 22.2 Å². The number of benzene rings is 3. The lowest BCUT2D eigenvalue weighted by Crippen LogP contribution is -2.35. The van der Waals surface area contributed by atoms with Gasteiger partial charge < -0.3 is 19.8 Å². The van der Waals surface area contributed by atoms with E-state index in [4.69, 9.17) is 9.15 Å². The third-order valence-corrected chi connectivity index (χ3v) is 4.91. The molecule has 8 heteroatoms. The minimum absolute atomic E-state index is 0.0250. The Hall–Kier alpha value is -4.20. The van der Waals surface area contributed by atoms with Crippen LogP contribution in [0.3, 0.4) is 0 Å². The zero-order chi connectivity index (χ0) is 23.4. The summed E-state index contributed by atoms with van der Waals surface area (Å²) in [6, 6.07) is 18.5. The van der Waals surface area contributed by atoms with Crippen molar-refractivity contribution in [3.8, 4) is 17.2 Å². The lowest BCUT2D eigenvalue weighted by Gasteiger charge is -2.17. The first-order valence-corrected chi connectivity index (χ1v) is 10.6. The number of hydrogen-bond acceptors (Lipinski definition) is 6. The molecule has 4 rings (SSSR count). The molecule has 0 spiro atoms. The first-order chi connectivity index (χ1) is 15.9. The van der Waals surface area contributed by atoms with Crippen LogP contribution in [0.5, 0.6) is 5.75 Å². The topological polar surface area (TPSA) is 106 Å². The van der Waals surface area contributed by atoms with Crippen LogP contribution in [-0.4, -0.2) is 28.1 Å². The van der Waals surface area contributed by atoms with Crippen molar-refractivity contribution >= 4 is 28.3 Å². The lowest BCUT2D eigenvalue weighted by atomic mass is 10.0. The summed E-state index contributed by atoms with van der Waals surface area (Å²) in [5.41, 5.74) is 2.01. The Morgan fingerprint density at radius 3 is 2.42 bits per heavy atom. The third kappa shape index (κ3) is 5.17. The van der Waals surface area contributed by atoms with E-state index in [9.17, 15) is 9.59 Å². The Balaban J connectivity index is 1.43. The molecule has 33 heavy (non-hydrogen) atoms. The quantitative estimate of drug-likeness (QED) is 0.431. The molecular formula is C25H24N4O4. The standard InChI is InChI=1S/C25H24N4O4/c1-15(2)32-22-13-10-17-6-4-5-7-20(17)21(22)14-26-23(30)24(31)27-19-11-8-18(9-12-19)25-29-28-16(3)33-25/h4-13,15H,14H2,1-3H3,(H,26,30)(H,27,31). The van der Waals surface area contributed by atoms with Crippen molar-refractivity contribution in [2.45, 2.75) is 33.4 Å². The van der Waals surface area contributed by atoms with Crippen molar-refractivity contribution in [1.29, 1.82) is 0 Å². The average Bonchev–Trinajstić information content (AvgIpc) is 3.24. The smallest absolute Gasteiger partial charge is 0.313 e. The number of amides is 2. The molecule has 3 aromatic carbocycles. The van der Waals surface area contributed by atoms with Crippen molar-refractivity contribution in [3.05, 3.63) is 72.1 Å². The van der Waals surface area contributed by atoms with E-state index in [2.05, 4.69) is 20.8 Å². The van der Waals surface area contributed by atoms with Gasteiger partial charge in [-0.05, 0) is 55.0 Å². The second kappa shape index (κ2) is 9.52. The monoisotopic (exact) mass is 444 g/mol. The number of nitrogens with zero attached hydrogens (tertiary/aromatic N) is 2. The van der Waals surface area contributed by atoms with E-state index in [0.29, 0.717) is 28.8 Å². The van der Waals surface area contributed by atoms with Gasteiger partial charge in [0.2, 0.25) is 11.8 Å². The second-order valence-electron chi connectivity index (χ2n) is 7.77. The molecule has 1 aromatic heterocycles. The summed E-state index contributed by atoms with van der Waals surface area (Å²) >= 11 is 0. The number of nitrogens with one attached hydrogen (secondary N) is 2. The maximum Gasteiger partial charge on any atom is 0.313 e. The number of ether oxygens (including phenoxy) is 1. The summed E-state index contributed by atoms with van der Waals surface area (Å²) in [5, 5.41) is 15.0. The molecule has 0 atom stereocenters. The van der Waals surface area contributed by atoms with E-state index in [1.807, 2.05) is 50.2 Å². The van der Waals surface area contributed by atoms with Gasteiger partial charge >= 0.3 is 11.8 Å². The fraction of sp³-hybridized carbons (Fsp3) is 0.200. The van der Waals surface area contributed by atoms with Crippen LogP contribution >= 0.6 is 0 Å². The normalized spacial score (nSPS) is 10.9. The molecule has 8 nitrogen and oxygen atoms in total. The maximum atomic E-state index is 12.5. The lowest BCUT2D eigenvalue weighted by molar-refractivity contribution is -0.136. The third-order valence-electron chi connectivity index (χ3n) is 4.91. The van der Waals surface area contributed by atoms with Gasteiger partial charge in [-0.25, -0.2) is 0 Å². The highest BCUT2D eigenvalue weighted by molar-refractivity contribution is 6.39. The average molecular weight is 444 g/mol. The van der Waals surface area contributed by atoms with Crippen molar-refractivity contribution in [2.75, 3.05) is 5.32 Å². The first kappa shape index (κ1) is 22.0. The summed E-state index contributed by atoms with van der Waals surface area (Å²) in [4.78, 5) is 24.9. The van der Waals surface area contributed by atoms with Crippen LogP contribution in [0, 0.1) is 6.92 Å². The van der Waals surface area contributed by atoms with Crippen LogP contribution < -0.4 is 15.4 Å². The number of carbonyl (C=O) groups is 2. The molecule has 0 aliphatic heterocycles. The number of rotatable bonds is 6. The number of aromatic nitrogens is 2. The molecule has 1 heterocycles. The fourth-order valence-electron chi connectivity index (χ4n) is 3.41. The van der Waals surface area contributed by atoms with Gasteiger partial charge in [-0.15, -0.1) is 10.2 Å². The first-order valence-electron chi connectivity index (χ1n) is 10.6. The number of anilines is 1. The Morgan fingerprint density at radius 1 is 0.970 bits per heavy atom. The van der Waals surface area contributed by atoms with E-state index < -0.39 is 11.8 Å². The van der Waals surface area contributed by atoms with Gasteiger partial charge in [0.1, 0.15) is 5.75 Å². The number of fused-ring (bicyclic) bond motifs is 1. The zero-order valence-corrected chi connectivity index (χ0v) is 18.6. The van der Waals surface area contributed by atoms with Crippen LogP contribution in [0.2, 0.25) is 0 Å². The Morgan fingerprint density at radius 2 is 1.73 bits per heavy atom. The van der Waals surface area contributed by atoms with E-state index in [-0.39, 0.29) is 12.6 Å². The van der Waals surface area contributed by atoms with Crippen LogP contribution in [0.4, 0.5) is 5.69 Å². The Bertz CT molecular complexity index is 1300. The number of aryl methyl sites for hydroxylation is 1. The molecule has 0 bridgehead atoms. The van der Waals surface area contributed by atoms with E-state index in [0.717, 1.165) is 16.3 Å². The van der Waals surface area contributed by atoms with Crippen LogP contribution in [-0.2, 0) is 16.1 Å². The molecule has 0 saturated carbocycles. The summed E-state index contributed by atoms with van der Waals surface area (Å²) < 4.78 is 11.3. The van der Waals surface area contributed by atoms with Crippen LogP contribution in [0.1, 0.15) is 25.3 Å². The van der Waals surface area contributed by atoms with Crippen molar-refractivity contribution in [2.24, 2.45) is 0 Å². The van der Waals surface area contributed by atoms with E-state index in [1.54, 1.807) is 31.2 Å². The molecule has 2 amide bonds. The molecule has 0 radical (unpaired) electrons. The molecule has 0 aliphatic carbocycles. The van der Waals surface area contributed by atoms with E-state index in [1.165, 1.54) is 0 Å². The molecular weight excluding hydrogens is 420 g/mol. The number of carbonyl (C=O) groups excluding carboxylic acids is 2. The van der Waals surface area contributed by atoms with Gasteiger partial charge in [0.15, 0.2) is 0 Å². The van der Waals surface area contributed by atoms with Crippen molar-refractivity contribution in [1.82, 2.24) is 15.5 Å². The van der Waals surface area contributed by atoms with Gasteiger partial charge in [0, 0.05) is 30.3 Å². The second-order valence-corrected chi connectivity index (χ2v) is 7.77. The predicted octanol–water partition coefficient (Wildman–Crippen LogP) is 4.24. The largest absolute Gasteiger partial charge is 0.491 e. The molecule has 0 fully saturated rings. The van der Waals surface area contributed by atoms with Crippen molar-refractivity contribution in [3.63, 3.8) is 0 Å². The molecule has 0 saturated heterocycles. The van der Waals surface area contributed by atoms with Gasteiger partial charge in [0.25, 0.3) is 0 Å². The molecule has 2 N–H and O–H groups in total. The minimum atomic E-state index is -0.761. The van der Waals surface area contributed by atoms with Crippen molar-refractivity contribution < 1.29 is 18.7 Å². The molecule has 0 aliphatic rings. The van der Waals surface area contributed by atoms with Gasteiger partial charge in [0.05, 0.1) is 6.10 Å². The summed E-state index contributed by atoms with van der Waals surface area (Å²) in [5.74, 6) is 0.0269. The number of hydrogen-bond donors (Lipinski definition) is 2. The Labute approximate surface area is 191 Å². The molecule has 0 unspecified atom stereocenters. The van der Waals surface area contributed by atoms with Gasteiger partial charge in [-0.3, -0.25) is 9.59 Å². The highest BCUT2D eigenvalue weighted by Gasteiger charge is 2.17. The zero-order valence-electron chi connectivity index (χ0n) is 18.6. The molecule has 168 valence electrons. The molecule has 4 aromatic rings. The fourth-order valence-corrected chi connectivity index (χ4v) is 3.41. The minimum Gasteiger partial charge on any atom is -0.491 e. The van der Waals surface area contributed by atoms with Crippen LogP contribution in [0.15, 0.2) is 65.1 Å². The summed E-state index contributed by atoms with van der Waals surface area (Å²) in [6.45, 7) is 5.75. The van der Waals surface area contributed by atoms with Gasteiger partial charge in [-0.2, -0.15) is 0 Å².